The van der Waals surface area contributed by atoms with Gasteiger partial charge in [0.25, 0.3) is 5.91 Å². The molecule has 31 heavy (non-hydrogen) atoms. The molecule has 0 spiro atoms. The number of likely N-dealkylation sites (tertiary alicyclic amines) is 1. The van der Waals surface area contributed by atoms with Gasteiger partial charge in [-0.25, -0.2) is 0 Å². The lowest BCUT2D eigenvalue weighted by Gasteiger charge is -2.32. The molecule has 0 unspecified atom stereocenters. The van der Waals surface area contributed by atoms with Crippen LogP contribution in [0, 0.1) is 0 Å². The smallest absolute Gasteiger partial charge is 0.253 e. The number of anilines is 2. The molecular weight excluding hydrogens is 386 g/mol. The first-order valence-corrected chi connectivity index (χ1v) is 10.9. The number of hydrogen-bond acceptors (Lipinski definition) is 4. The third kappa shape index (κ3) is 3.89. The SMILES string of the molecule is NCc1cccc(C2CCN(C(=O)c3cccc(N4COc5ccccc54)c3)CC2)c1. The van der Waals surface area contributed by atoms with Crippen molar-refractivity contribution < 1.29 is 9.53 Å². The van der Waals surface area contributed by atoms with Crippen LogP contribution in [-0.4, -0.2) is 30.6 Å². The van der Waals surface area contributed by atoms with Crippen LogP contribution in [0.15, 0.2) is 72.8 Å². The van der Waals surface area contributed by atoms with Gasteiger partial charge in [-0.05, 0) is 60.2 Å². The van der Waals surface area contributed by atoms with E-state index in [0.717, 1.165) is 48.6 Å². The lowest BCUT2D eigenvalue weighted by molar-refractivity contribution is 0.0713. The highest BCUT2D eigenvalue weighted by atomic mass is 16.5. The van der Waals surface area contributed by atoms with E-state index in [4.69, 9.17) is 10.5 Å². The Hall–Kier alpha value is -3.31. The van der Waals surface area contributed by atoms with Gasteiger partial charge >= 0.3 is 0 Å². The Morgan fingerprint density at radius 1 is 0.968 bits per heavy atom. The van der Waals surface area contributed by atoms with Crippen LogP contribution in [0.5, 0.6) is 5.75 Å². The van der Waals surface area contributed by atoms with Crippen LogP contribution in [0.3, 0.4) is 0 Å². The maximum absolute atomic E-state index is 13.2. The zero-order valence-electron chi connectivity index (χ0n) is 17.5. The second-order valence-corrected chi connectivity index (χ2v) is 8.24. The number of nitrogens with zero attached hydrogens (tertiary/aromatic N) is 2. The molecule has 1 saturated heterocycles. The second kappa shape index (κ2) is 8.44. The summed E-state index contributed by atoms with van der Waals surface area (Å²) in [4.78, 5) is 17.3. The van der Waals surface area contributed by atoms with Crippen molar-refractivity contribution in [2.75, 3.05) is 24.7 Å². The van der Waals surface area contributed by atoms with Gasteiger partial charge in [-0.15, -0.1) is 0 Å². The van der Waals surface area contributed by atoms with Crippen molar-refractivity contribution in [1.82, 2.24) is 4.90 Å². The molecule has 0 bridgehead atoms. The summed E-state index contributed by atoms with van der Waals surface area (Å²) in [5, 5.41) is 0. The summed E-state index contributed by atoms with van der Waals surface area (Å²) in [5.74, 6) is 1.46. The summed E-state index contributed by atoms with van der Waals surface area (Å²) in [7, 11) is 0. The van der Waals surface area contributed by atoms with Crippen LogP contribution in [0.2, 0.25) is 0 Å². The number of rotatable bonds is 4. The van der Waals surface area contributed by atoms with Crippen LogP contribution in [-0.2, 0) is 6.54 Å². The molecule has 0 aromatic heterocycles. The van der Waals surface area contributed by atoms with E-state index in [0.29, 0.717) is 19.2 Å². The van der Waals surface area contributed by atoms with E-state index in [1.54, 1.807) is 0 Å². The highest BCUT2D eigenvalue weighted by Crippen LogP contribution is 2.38. The molecule has 0 radical (unpaired) electrons. The van der Waals surface area contributed by atoms with E-state index in [9.17, 15) is 4.79 Å². The van der Waals surface area contributed by atoms with Gasteiger partial charge in [-0.3, -0.25) is 4.79 Å². The fourth-order valence-corrected chi connectivity index (χ4v) is 4.60. The van der Waals surface area contributed by atoms with Crippen molar-refractivity contribution in [2.24, 2.45) is 5.73 Å². The average Bonchev–Trinajstić information content (AvgIpc) is 3.28. The number of ether oxygens (including phenoxy) is 1. The van der Waals surface area contributed by atoms with Crippen molar-refractivity contribution in [3.8, 4) is 5.75 Å². The van der Waals surface area contributed by atoms with Gasteiger partial charge in [0, 0.05) is 30.9 Å². The summed E-state index contributed by atoms with van der Waals surface area (Å²) in [6.07, 6.45) is 1.96. The van der Waals surface area contributed by atoms with Crippen LogP contribution < -0.4 is 15.4 Å². The minimum atomic E-state index is 0.101. The molecule has 2 aliphatic rings. The van der Waals surface area contributed by atoms with Gasteiger partial charge in [0.05, 0.1) is 5.69 Å². The van der Waals surface area contributed by atoms with E-state index < -0.39 is 0 Å². The minimum Gasteiger partial charge on any atom is -0.471 e. The lowest BCUT2D eigenvalue weighted by atomic mass is 9.88. The summed E-state index contributed by atoms with van der Waals surface area (Å²) in [6, 6.07) is 24.4. The number of carbonyl (C=O) groups excluding carboxylic acids is 1. The zero-order valence-corrected chi connectivity index (χ0v) is 17.5. The molecule has 0 saturated carbocycles. The van der Waals surface area contributed by atoms with Crippen molar-refractivity contribution in [3.05, 3.63) is 89.5 Å². The Morgan fingerprint density at radius 3 is 2.61 bits per heavy atom. The van der Waals surface area contributed by atoms with Crippen molar-refractivity contribution in [3.63, 3.8) is 0 Å². The predicted octanol–water partition coefficient (Wildman–Crippen LogP) is 4.65. The van der Waals surface area contributed by atoms with Gasteiger partial charge in [-0.1, -0.05) is 42.5 Å². The Kier molecular flexibility index (Phi) is 5.35. The highest BCUT2D eigenvalue weighted by Gasteiger charge is 2.26. The standard InChI is InChI=1S/C26H27N3O2/c27-17-19-5-3-6-21(15-19)20-11-13-28(14-12-20)26(30)22-7-4-8-23(16-22)29-18-31-25-10-2-1-9-24(25)29/h1-10,15-16,20H,11-14,17-18,27H2. The summed E-state index contributed by atoms with van der Waals surface area (Å²) in [5.41, 5.74) is 11.0. The third-order valence-corrected chi connectivity index (χ3v) is 6.35. The van der Waals surface area contributed by atoms with Gasteiger partial charge < -0.3 is 20.3 Å². The Bertz CT molecular complexity index is 1090. The molecule has 2 aliphatic heterocycles. The maximum atomic E-state index is 13.2. The first-order valence-electron chi connectivity index (χ1n) is 10.9. The molecule has 1 fully saturated rings. The Morgan fingerprint density at radius 2 is 1.77 bits per heavy atom. The second-order valence-electron chi connectivity index (χ2n) is 8.24. The largest absolute Gasteiger partial charge is 0.471 e. The highest BCUT2D eigenvalue weighted by molar-refractivity contribution is 5.95. The molecule has 2 heterocycles. The predicted molar refractivity (Wildman–Crippen MR) is 123 cm³/mol. The molecule has 5 rings (SSSR count). The van der Waals surface area contributed by atoms with Gasteiger partial charge in [0.15, 0.2) is 6.73 Å². The number of amides is 1. The molecule has 0 atom stereocenters. The first kappa shape index (κ1) is 19.6. The van der Waals surface area contributed by atoms with Crippen LogP contribution in [0.25, 0.3) is 0 Å². The molecule has 158 valence electrons. The molecule has 3 aromatic carbocycles. The van der Waals surface area contributed by atoms with Crippen LogP contribution in [0.1, 0.15) is 40.2 Å². The number of carbonyl (C=O) groups is 1. The molecule has 5 heteroatoms. The normalized spacial score (nSPS) is 16.2. The average molecular weight is 414 g/mol. The number of fused-ring (bicyclic) bond motifs is 1. The van der Waals surface area contributed by atoms with E-state index in [2.05, 4.69) is 29.2 Å². The van der Waals surface area contributed by atoms with E-state index in [-0.39, 0.29) is 5.91 Å². The van der Waals surface area contributed by atoms with Crippen LogP contribution >= 0.6 is 0 Å². The van der Waals surface area contributed by atoms with Gasteiger partial charge in [0.2, 0.25) is 0 Å². The molecule has 3 aromatic rings. The Balaban J connectivity index is 1.28. The van der Waals surface area contributed by atoms with Crippen molar-refractivity contribution in [2.45, 2.75) is 25.3 Å². The van der Waals surface area contributed by atoms with Crippen molar-refractivity contribution in [1.29, 1.82) is 0 Å². The summed E-state index contributed by atoms with van der Waals surface area (Å²) >= 11 is 0. The summed E-state index contributed by atoms with van der Waals surface area (Å²) in [6.45, 7) is 2.57. The zero-order chi connectivity index (χ0) is 21.2. The molecule has 5 nitrogen and oxygen atoms in total. The first-order chi connectivity index (χ1) is 15.2. The molecular formula is C26H27N3O2. The number of piperidine rings is 1. The molecule has 1 amide bonds. The van der Waals surface area contributed by atoms with E-state index in [1.165, 1.54) is 11.1 Å². The summed E-state index contributed by atoms with van der Waals surface area (Å²) < 4.78 is 5.78. The monoisotopic (exact) mass is 413 g/mol. The quantitative estimate of drug-likeness (QED) is 0.676. The topological polar surface area (TPSA) is 58.8 Å². The molecule has 2 N–H and O–H groups in total. The van der Waals surface area contributed by atoms with Gasteiger partial charge in [0.1, 0.15) is 5.75 Å². The van der Waals surface area contributed by atoms with E-state index >= 15 is 0 Å². The molecule has 0 aliphatic carbocycles. The number of nitrogens with two attached hydrogens (primary N) is 1. The maximum Gasteiger partial charge on any atom is 0.253 e. The fraction of sp³-hybridized carbons (Fsp3) is 0.269. The number of hydrogen-bond donors (Lipinski definition) is 1. The van der Waals surface area contributed by atoms with E-state index in [1.807, 2.05) is 53.4 Å². The van der Waals surface area contributed by atoms with Crippen molar-refractivity contribution >= 4 is 17.3 Å². The van der Waals surface area contributed by atoms with Crippen LogP contribution in [0.4, 0.5) is 11.4 Å². The number of benzene rings is 3. The number of para-hydroxylation sites is 2. The third-order valence-electron chi connectivity index (χ3n) is 6.35. The Labute approximate surface area is 183 Å². The lowest BCUT2D eigenvalue weighted by Crippen LogP contribution is -2.38. The van der Waals surface area contributed by atoms with Gasteiger partial charge in [-0.2, -0.15) is 0 Å². The fourth-order valence-electron chi connectivity index (χ4n) is 4.60. The minimum absolute atomic E-state index is 0.101.